The lowest BCUT2D eigenvalue weighted by Crippen LogP contribution is -1.97. The van der Waals surface area contributed by atoms with E-state index in [2.05, 4.69) is 35.1 Å². The predicted molar refractivity (Wildman–Crippen MR) is 100 cm³/mol. The highest BCUT2D eigenvalue weighted by Gasteiger charge is 2.12. The third-order valence-electron chi connectivity index (χ3n) is 4.43. The summed E-state index contributed by atoms with van der Waals surface area (Å²) < 4.78 is 0. The Hall–Kier alpha value is -3.14. The van der Waals surface area contributed by atoms with Crippen LogP contribution in [0.25, 0.3) is 33.5 Å². The summed E-state index contributed by atoms with van der Waals surface area (Å²) >= 11 is 0. The zero-order valence-electron chi connectivity index (χ0n) is 14.5. The standard InChI is InChI=1S/C21H18N4/c1-13-7-8-17(21-20(13)24-14(2)15(3)25-21)16-9-11-23-19(12-16)18-6-4-5-10-22-18/h4-12H,1-3H3. The van der Waals surface area contributed by atoms with Crippen LogP contribution in [0.3, 0.4) is 0 Å². The van der Waals surface area contributed by atoms with Crippen molar-refractivity contribution < 1.29 is 0 Å². The minimum absolute atomic E-state index is 0.851. The summed E-state index contributed by atoms with van der Waals surface area (Å²) in [6, 6.07) is 14.1. The van der Waals surface area contributed by atoms with Crippen LogP contribution in [0.4, 0.5) is 0 Å². The van der Waals surface area contributed by atoms with Crippen LogP contribution in [0.5, 0.6) is 0 Å². The van der Waals surface area contributed by atoms with Crippen LogP contribution in [-0.2, 0) is 0 Å². The molecular formula is C21H18N4. The fraction of sp³-hybridized carbons (Fsp3) is 0.143. The quantitative estimate of drug-likeness (QED) is 0.537. The Balaban J connectivity index is 1.94. The summed E-state index contributed by atoms with van der Waals surface area (Å²) in [5.41, 5.74) is 8.79. The van der Waals surface area contributed by atoms with E-state index in [0.29, 0.717) is 0 Å². The molecule has 0 N–H and O–H groups in total. The summed E-state index contributed by atoms with van der Waals surface area (Å²) in [4.78, 5) is 18.4. The summed E-state index contributed by atoms with van der Waals surface area (Å²) in [5, 5.41) is 0. The molecule has 122 valence electrons. The third kappa shape index (κ3) is 2.76. The van der Waals surface area contributed by atoms with Crippen molar-refractivity contribution in [2.75, 3.05) is 0 Å². The Morgan fingerprint density at radius 1 is 0.680 bits per heavy atom. The molecule has 0 fully saturated rings. The number of pyridine rings is 2. The first-order valence-corrected chi connectivity index (χ1v) is 8.26. The molecule has 0 bridgehead atoms. The SMILES string of the molecule is Cc1nc2c(C)ccc(-c3ccnc(-c4ccccn4)c3)c2nc1C. The average Bonchev–Trinajstić information content (AvgIpc) is 2.65. The topological polar surface area (TPSA) is 51.6 Å². The van der Waals surface area contributed by atoms with Crippen molar-refractivity contribution in [3.8, 4) is 22.5 Å². The van der Waals surface area contributed by atoms with Gasteiger partial charge in [0.1, 0.15) is 0 Å². The fourth-order valence-electron chi connectivity index (χ4n) is 2.92. The lowest BCUT2D eigenvalue weighted by Gasteiger charge is -2.11. The Morgan fingerprint density at radius 3 is 2.20 bits per heavy atom. The smallest absolute Gasteiger partial charge is 0.0971 e. The van der Waals surface area contributed by atoms with Crippen molar-refractivity contribution in [3.63, 3.8) is 0 Å². The number of hydrogen-bond donors (Lipinski definition) is 0. The van der Waals surface area contributed by atoms with Gasteiger partial charge in [0.2, 0.25) is 0 Å². The number of rotatable bonds is 2. The number of aryl methyl sites for hydroxylation is 3. The molecule has 0 atom stereocenters. The molecule has 3 heterocycles. The molecule has 3 aromatic heterocycles. The van der Waals surface area contributed by atoms with Crippen LogP contribution in [0.2, 0.25) is 0 Å². The van der Waals surface area contributed by atoms with Gasteiger partial charge in [0.15, 0.2) is 0 Å². The highest BCUT2D eigenvalue weighted by Crippen LogP contribution is 2.30. The minimum Gasteiger partial charge on any atom is -0.255 e. The molecule has 0 unspecified atom stereocenters. The van der Waals surface area contributed by atoms with Gasteiger partial charge in [0.05, 0.1) is 33.8 Å². The first-order valence-electron chi connectivity index (χ1n) is 8.26. The van der Waals surface area contributed by atoms with Crippen molar-refractivity contribution in [2.45, 2.75) is 20.8 Å². The molecule has 4 heteroatoms. The zero-order chi connectivity index (χ0) is 17.4. The molecule has 0 aliphatic carbocycles. The van der Waals surface area contributed by atoms with Crippen molar-refractivity contribution >= 4 is 11.0 Å². The molecule has 0 aliphatic rings. The van der Waals surface area contributed by atoms with Crippen LogP contribution in [-0.4, -0.2) is 19.9 Å². The summed E-state index contributed by atoms with van der Waals surface area (Å²) in [6.45, 7) is 6.07. The van der Waals surface area contributed by atoms with Gasteiger partial charge in [-0.05, 0) is 56.2 Å². The lowest BCUT2D eigenvalue weighted by molar-refractivity contribution is 1.10. The van der Waals surface area contributed by atoms with E-state index >= 15 is 0 Å². The van der Waals surface area contributed by atoms with E-state index in [1.807, 2.05) is 44.3 Å². The van der Waals surface area contributed by atoms with Crippen molar-refractivity contribution in [1.82, 2.24) is 19.9 Å². The van der Waals surface area contributed by atoms with E-state index in [4.69, 9.17) is 9.97 Å². The summed E-state index contributed by atoms with van der Waals surface area (Å²) in [7, 11) is 0. The van der Waals surface area contributed by atoms with Crippen molar-refractivity contribution in [1.29, 1.82) is 0 Å². The Labute approximate surface area is 146 Å². The van der Waals surface area contributed by atoms with E-state index in [1.54, 1.807) is 6.20 Å². The molecule has 0 amide bonds. The molecule has 0 spiro atoms. The maximum absolute atomic E-state index is 4.82. The highest BCUT2D eigenvalue weighted by molar-refractivity contribution is 5.94. The largest absolute Gasteiger partial charge is 0.255 e. The van der Waals surface area contributed by atoms with E-state index < -0.39 is 0 Å². The number of nitrogens with zero attached hydrogens (tertiary/aromatic N) is 4. The fourth-order valence-corrected chi connectivity index (χ4v) is 2.92. The molecular weight excluding hydrogens is 308 g/mol. The molecule has 4 aromatic rings. The second-order valence-electron chi connectivity index (χ2n) is 6.17. The van der Waals surface area contributed by atoms with Crippen molar-refractivity contribution in [3.05, 3.63) is 71.8 Å². The van der Waals surface area contributed by atoms with E-state index in [1.165, 1.54) is 0 Å². The Morgan fingerprint density at radius 2 is 1.44 bits per heavy atom. The molecule has 0 saturated carbocycles. The number of fused-ring (bicyclic) bond motifs is 1. The van der Waals surface area contributed by atoms with Gasteiger partial charge in [0.25, 0.3) is 0 Å². The molecule has 0 aliphatic heterocycles. The van der Waals surface area contributed by atoms with Gasteiger partial charge in [-0.1, -0.05) is 18.2 Å². The minimum atomic E-state index is 0.851. The normalized spacial score (nSPS) is 11.0. The van der Waals surface area contributed by atoms with Crippen LogP contribution >= 0.6 is 0 Å². The van der Waals surface area contributed by atoms with Crippen LogP contribution in [0.15, 0.2) is 54.9 Å². The molecule has 4 nitrogen and oxygen atoms in total. The monoisotopic (exact) mass is 326 g/mol. The molecule has 0 radical (unpaired) electrons. The van der Waals surface area contributed by atoms with E-state index in [-0.39, 0.29) is 0 Å². The first-order chi connectivity index (χ1) is 12.1. The van der Waals surface area contributed by atoms with Gasteiger partial charge in [0, 0.05) is 18.0 Å². The van der Waals surface area contributed by atoms with Gasteiger partial charge in [-0.25, -0.2) is 9.97 Å². The average molecular weight is 326 g/mol. The second-order valence-corrected chi connectivity index (χ2v) is 6.17. The highest BCUT2D eigenvalue weighted by atomic mass is 14.8. The zero-order valence-corrected chi connectivity index (χ0v) is 14.5. The maximum Gasteiger partial charge on any atom is 0.0971 e. The molecule has 4 rings (SSSR count). The van der Waals surface area contributed by atoms with Crippen molar-refractivity contribution in [2.24, 2.45) is 0 Å². The lowest BCUT2D eigenvalue weighted by atomic mass is 10.0. The van der Waals surface area contributed by atoms with Gasteiger partial charge in [-0.15, -0.1) is 0 Å². The molecule has 25 heavy (non-hydrogen) atoms. The molecule has 0 saturated heterocycles. The van der Waals surface area contributed by atoms with E-state index in [9.17, 15) is 0 Å². The summed E-state index contributed by atoms with van der Waals surface area (Å²) in [5.74, 6) is 0. The Bertz CT molecular complexity index is 1070. The van der Waals surface area contributed by atoms with Crippen LogP contribution in [0, 0.1) is 20.8 Å². The first kappa shape index (κ1) is 15.4. The van der Waals surface area contributed by atoms with Crippen LogP contribution in [0.1, 0.15) is 17.0 Å². The second kappa shape index (κ2) is 6.06. The van der Waals surface area contributed by atoms with Gasteiger partial charge >= 0.3 is 0 Å². The molecule has 1 aromatic carbocycles. The van der Waals surface area contributed by atoms with Crippen LogP contribution < -0.4 is 0 Å². The van der Waals surface area contributed by atoms with E-state index in [0.717, 1.165) is 50.5 Å². The maximum atomic E-state index is 4.82. The summed E-state index contributed by atoms with van der Waals surface area (Å²) in [6.07, 6.45) is 3.60. The number of aromatic nitrogens is 4. The van der Waals surface area contributed by atoms with Gasteiger partial charge in [-0.2, -0.15) is 0 Å². The number of hydrogen-bond acceptors (Lipinski definition) is 4. The van der Waals surface area contributed by atoms with Gasteiger partial charge in [-0.3, -0.25) is 9.97 Å². The van der Waals surface area contributed by atoms with Gasteiger partial charge < -0.3 is 0 Å². The predicted octanol–water partition coefficient (Wildman–Crippen LogP) is 4.68. The Kier molecular flexibility index (Phi) is 3.73. The number of benzene rings is 1. The third-order valence-corrected chi connectivity index (χ3v) is 4.43.